The number of ether oxygens (including phenoxy) is 2. The largest absolute Gasteiger partial charge is 1.00 e. The molecule has 0 radical (unpaired) electrons. The van der Waals surface area contributed by atoms with Gasteiger partial charge in [0.05, 0.1) is 22.7 Å². The van der Waals surface area contributed by atoms with Crippen LogP contribution in [0.4, 0.5) is 13.2 Å². The van der Waals surface area contributed by atoms with Gasteiger partial charge in [-0.05, 0) is 48.7 Å². The summed E-state index contributed by atoms with van der Waals surface area (Å²) in [5, 5.41) is 11.1. The number of carboxylic acid groups (broad SMARTS) is 1. The van der Waals surface area contributed by atoms with Crippen LogP contribution in [0.25, 0.3) is 10.2 Å². The molecule has 0 amide bonds. The summed E-state index contributed by atoms with van der Waals surface area (Å²) >= 11 is 1.07. The number of aromatic nitrogens is 1. The van der Waals surface area contributed by atoms with E-state index in [0.717, 1.165) is 34.4 Å². The summed E-state index contributed by atoms with van der Waals surface area (Å²) in [6, 6.07) is 11.4. The van der Waals surface area contributed by atoms with E-state index in [0.29, 0.717) is 16.9 Å². The fraction of sp³-hybridized carbons (Fsp3) is 0.375. The van der Waals surface area contributed by atoms with Gasteiger partial charge >= 0.3 is 62.4 Å². The number of thiazole rings is 1. The van der Waals surface area contributed by atoms with Gasteiger partial charge in [-0.3, -0.25) is 14.2 Å². The van der Waals surface area contributed by atoms with Crippen molar-refractivity contribution in [3.05, 3.63) is 63.3 Å². The second-order valence-electron chi connectivity index (χ2n) is 8.27. The number of Topliss-reactive ketones (excluding diaryl/α,β-unsaturated/α-hetero) is 1. The first-order valence-corrected chi connectivity index (χ1v) is 11.7. The number of aliphatic carboxylic acids is 1. The van der Waals surface area contributed by atoms with E-state index in [2.05, 4.69) is 4.74 Å². The molecular weight excluding hydrogens is 526 g/mol. The van der Waals surface area contributed by atoms with Crippen molar-refractivity contribution in [1.82, 2.24) is 4.57 Å². The van der Waals surface area contributed by atoms with Gasteiger partial charge in [0.1, 0.15) is 25.1 Å². The normalized spacial score (nSPS) is 14.3. The zero-order chi connectivity index (χ0) is 25.2. The Bertz CT molecular complexity index is 1280. The maximum Gasteiger partial charge on any atom is 1.00 e. The molecule has 1 saturated carbocycles. The number of benzene rings is 2. The number of hydrogen-bond donors (Lipinski definition) is 0. The summed E-state index contributed by atoms with van der Waals surface area (Å²) in [5.41, 5.74) is 1.78. The zero-order valence-electron chi connectivity index (χ0n) is 19.4. The van der Waals surface area contributed by atoms with Gasteiger partial charge in [-0.15, -0.1) is 0 Å². The molecule has 7 nitrogen and oxygen atoms in total. The van der Waals surface area contributed by atoms with Crippen molar-refractivity contribution in [2.75, 3.05) is 13.2 Å². The van der Waals surface area contributed by atoms with Crippen molar-refractivity contribution in [3.8, 4) is 5.75 Å². The van der Waals surface area contributed by atoms with Gasteiger partial charge < -0.3 is 19.4 Å². The molecule has 12 heteroatoms. The first-order valence-electron chi connectivity index (χ1n) is 10.9. The van der Waals surface area contributed by atoms with Crippen LogP contribution in [-0.2, 0) is 22.5 Å². The molecule has 2 aromatic carbocycles. The number of carbonyl (C=O) groups is 2. The number of nitrogens with zero attached hydrogens (tertiary/aromatic N) is 1. The third kappa shape index (κ3) is 7.73. The van der Waals surface area contributed by atoms with Crippen LogP contribution in [-0.4, -0.2) is 41.8 Å². The topological polar surface area (TPSA) is 97.7 Å². The first-order chi connectivity index (χ1) is 16.6. The van der Waals surface area contributed by atoms with Crippen molar-refractivity contribution >= 4 is 33.3 Å². The molecule has 0 bridgehead atoms. The van der Waals surface area contributed by atoms with Crippen molar-refractivity contribution in [3.63, 3.8) is 0 Å². The molecule has 0 unspecified atom stereocenters. The Morgan fingerprint density at radius 2 is 1.83 bits per heavy atom. The predicted octanol–water partition coefficient (Wildman–Crippen LogP) is -0.0214. The molecule has 1 aliphatic rings. The fourth-order valence-corrected chi connectivity index (χ4v) is 4.57. The van der Waals surface area contributed by atoms with Crippen molar-refractivity contribution in [2.24, 2.45) is 5.92 Å². The second-order valence-corrected chi connectivity index (χ2v) is 9.26. The van der Waals surface area contributed by atoms with Crippen LogP contribution in [0.2, 0.25) is 0 Å². The number of hydrogen-bond acceptors (Lipinski definition) is 7. The minimum Gasteiger partial charge on any atom is -0.547 e. The van der Waals surface area contributed by atoms with Crippen LogP contribution in [0.1, 0.15) is 28.8 Å². The van der Waals surface area contributed by atoms with E-state index < -0.39 is 24.9 Å². The van der Waals surface area contributed by atoms with E-state index in [9.17, 15) is 32.7 Å². The van der Waals surface area contributed by atoms with Crippen molar-refractivity contribution in [2.45, 2.75) is 38.1 Å². The molecule has 1 fully saturated rings. The summed E-state index contributed by atoms with van der Waals surface area (Å²) in [7, 11) is 0. The van der Waals surface area contributed by atoms with Gasteiger partial charge in [0.2, 0.25) is 0 Å². The van der Waals surface area contributed by atoms with Gasteiger partial charge in [-0.1, -0.05) is 23.5 Å². The van der Waals surface area contributed by atoms with Gasteiger partial charge in [0, 0.05) is 17.9 Å². The molecule has 1 atom stereocenters. The van der Waals surface area contributed by atoms with E-state index >= 15 is 0 Å². The van der Waals surface area contributed by atoms with Gasteiger partial charge in [-0.2, -0.15) is 13.2 Å². The quantitative estimate of drug-likeness (QED) is 0.247. The smallest absolute Gasteiger partial charge is 0.547 e. The number of fused-ring (bicyclic) bond motifs is 1. The van der Waals surface area contributed by atoms with E-state index in [4.69, 9.17) is 4.74 Å². The Hall–Kier alpha value is -1.54. The Labute approximate surface area is 250 Å². The number of carboxylic acids is 1. The zero-order valence-corrected chi connectivity index (χ0v) is 23.3. The third-order valence-electron chi connectivity index (χ3n) is 5.54. The summed E-state index contributed by atoms with van der Waals surface area (Å²) in [4.78, 5) is 35.6. The number of halogens is 3. The molecule has 1 aromatic heterocycles. The SMILES string of the molecule is O=C(c1ccc2c(c1)sc(=O)n2CCOc1ccc(C[C@@H](OCC(F)(F)F)C(=O)[O-])cc1)C1CC1.[K+]. The summed E-state index contributed by atoms with van der Waals surface area (Å²) in [6.07, 6.45) is -4.84. The minimum atomic E-state index is -4.64. The van der Waals surface area contributed by atoms with Crippen LogP contribution >= 0.6 is 11.3 Å². The molecule has 3 aromatic rings. The maximum absolute atomic E-state index is 12.4. The molecule has 1 heterocycles. The van der Waals surface area contributed by atoms with Crippen molar-refractivity contribution < 1.29 is 88.7 Å². The van der Waals surface area contributed by atoms with Gasteiger partial charge in [0.25, 0.3) is 0 Å². The summed E-state index contributed by atoms with van der Waals surface area (Å²) in [5.74, 6) is -1.07. The molecule has 1 aliphatic carbocycles. The minimum absolute atomic E-state index is 0. The van der Waals surface area contributed by atoms with E-state index in [1.54, 1.807) is 34.9 Å². The Kier molecular flexibility index (Phi) is 9.94. The van der Waals surface area contributed by atoms with Gasteiger partial charge in [0.15, 0.2) is 5.78 Å². The fourth-order valence-electron chi connectivity index (χ4n) is 3.61. The second kappa shape index (κ2) is 12.3. The van der Waals surface area contributed by atoms with Crippen LogP contribution in [0, 0.1) is 5.92 Å². The van der Waals surface area contributed by atoms with E-state index in [1.807, 2.05) is 0 Å². The molecular formula is C24H21F3KNO6S. The average molecular weight is 548 g/mol. The molecule has 0 spiro atoms. The molecule has 36 heavy (non-hydrogen) atoms. The maximum atomic E-state index is 12.4. The van der Waals surface area contributed by atoms with Crippen LogP contribution < -0.4 is 66.1 Å². The monoisotopic (exact) mass is 547 g/mol. The first kappa shape index (κ1) is 29.0. The number of rotatable bonds is 11. The summed E-state index contributed by atoms with van der Waals surface area (Å²) < 4.78 is 49.3. The standard InChI is InChI=1S/C24H22F3NO6S.K/c25-24(26,27)13-34-19(22(30)31)11-14-1-6-17(7-2-14)33-10-9-28-18-8-5-16(21(29)15-3-4-15)12-20(18)35-23(28)32;/h1-2,5-8,12,15,19H,3-4,9-11,13H2,(H,30,31);/q;+1/p-1/t19-;/m1./s1. The number of ketones is 1. The predicted molar refractivity (Wildman–Crippen MR) is 120 cm³/mol. The third-order valence-corrected chi connectivity index (χ3v) is 6.48. The van der Waals surface area contributed by atoms with E-state index in [-0.39, 0.29) is 87.5 Å². The number of carbonyl (C=O) groups excluding carboxylic acids is 2. The van der Waals surface area contributed by atoms with Gasteiger partial charge in [-0.25, -0.2) is 0 Å². The molecule has 0 N–H and O–H groups in total. The Morgan fingerprint density at radius 1 is 1.14 bits per heavy atom. The Morgan fingerprint density at radius 3 is 2.44 bits per heavy atom. The van der Waals surface area contributed by atoms with Crippen molar-refractivity contribution in [1.29, 1.82) is 0 Å². The molecule has 0 saturated heterocycles. The summed E-state index contributed by atoms with van der Waals surface area (Å²) in [6.45, 7) is -1.24. The van der Waals surface area contributed by atoms with Crippen LogP contribution in [0.5, 0.6) is 5.75 Å². The Balaban J connectivity index is 0.00000361. The molecule has 186 valence electrons. The number of alkyl halides is 3. The average Bonchev–Trinajstić information content (AvgIpc) is 3.60. The molecule has 4 rings (SSSR count). The van der Waals surface area contributed by atoms with Crippen LogP contribution in [0.3, 0.4) is 0 Å². The van der Waals surface area contributed by atoms with Crippen LogP contribution in [0.15, 0.2) is 47.3 Å². The van der Waals surface area contributed by atoms with E-state index in [1.165, 1.54) is 12.1 Å². The molecule has 0 aliphatic heterocycles.